The fourth-order valence-electron chi connectivity index (χ4n) is 2.62. The maximum Gasteiger partial charge on any atom is 0.305 e. The number of aromatic amines is 1. The Morgan fingerprint density at radius 1 is 1.23 bits per heavy atom. The lowest BCUT2D eigenvalue weighted by Gasteiger charge is -2.19. The van der Waals surface area contributed by atoms with E-state index in [1.807, 2.05) is 31.3 Å². The molecule has 0 fully saturated rings. The minimum atomic E-state index is -0.870. The standard InChI is InChI=1S/C17H22N2O3/c1-2-19(11-10-17(21)22)16(20)9-5-6-13-12-18-15-8-4-3-7-14(13)15/h3-4,7-8,12,18H,2,5-6,9-11H2,1H3,(H,21,22). The van der Waals surface area contributed by atoms with Gasteiger partial charge in [-0.05, 0) is 31.4 Å². The number of carboxylic acid groups (broad SMARTS) is 1. The molecule has 5 nitrogen and oxygen atoms in total. The third kappa shape index (κ3) is 4.10. The van der Waals surface area contributed by atoms with Gasteiger partial charge >= 0.3 is 5.97 Å². The van der Waals surface area contributed by atoms with Crippen LogP contribution in [-0.4, -0.2) is 40.0 Å². The first-order valence-corrected chi connectivity index (χ1v) is 7.66. The predicted molar refractivity (Wildman–Crippen MR) is 85.7 cm³/mol. The molecule has 0 bridgehead atoms. The number of para-hydroxylation sites is 1. The molecule has 0 radical (unpaired) electrons. The molecule has 0 unspecified atom stereocenters. The van der Waals surface area contributed by atoms with Crippen molar-refractivity contribution in [2.24, 2.45) is 0 Å². The minimum absolute atomic E-state index is 0.00201. The number of amides is 1. The molecular weight excluding hydrogens is 280 g/mol. The maximum atomic E-state index is 12.1. The van der Waals surface area contributed by atoms with E-state index in [0.717, 1.165) is 18.4 Å². The first-order chi connectivity index (χ1) is 10.6. The molecule has 2 rings (SSSR count). The molecular formula is C17H22N2O3. The number of aryl methyl sites for hydroxylation is 1. The number of aromatic nitrogens is 1. The summed E-state index contributed by atoms with van der Waals surface area (Å²) < 4.78 is 0. The number of nitrogens with one attached hydrogen (secondary N) is 1. The molecule has 2 aromatic rings. The average Bonchev–Trinajstić information content (AvgIpc) is 2.91. The van der Waals surface area contributed by atoms with E-state index in [1.165, 1.54) is 10.9 Å². The molecule has 0 aliphatic carbocycles. The topological polar surface area (TPSA) is 73.4 Å². The zero-order valence-electron chi connectivity index (χ0n) is 12.8. The number of aliphatic carboxylic acids is 1. The number of carbonyl (C=O) groups is 2. The number of carboxylic acids is 1. The fourth-order valence-corrected chi connectivity index (χ4v) is 2.62. The van der Waals surface area contributed by atoms with E-state index in [0.29, 0.717) is 13.0 Å². The van der Waals surface area contributed by atoms with Crippen molar-refractivity contribution in [3.63, 3.8) is 0 Å². The lowest BCUT2D eigenvalue weighted by Crippen LogP contribution is -2.32. The zero-order chi connectivity index (χ0) is 15.9. The van der Waals surface area contributed by atoms with Crippen molar-refractivity contribution in [2.75, 3.05) is 13.1 Å². The monoisotopic (exact) mass is 302 g/mol. The average molecular weight is 302 g/mol. The third-order valence-electron chi connectivity index (χ3n) is 3.84. The summed E-state index contributed by atoms with van der Waals surface area (Å²) in [5.74, 6) is -0.839. The second-order valence-corrected chi connectivity index (χ2v) is 5.33. The van der Waals surface area contributed by atoms with Gasteiger partial charge in [0.05, 0.1) is 6.42 Å². The van der Waals surface area contributed by atoms with Crippen LogP contribution < -0.4 is 0 Å². The van der Waals surface area contributed by atoms with Gasteiger partial charge in [-0.2, -0.15) is 0 Å². The summed E-state index contributed by atoms with van der Waals surface area (Å²) in [5.41, 5.74) is 2.33. The van der Waals surface area contributed by atoms with E-state index in [9.17, 15) is 9.59 Å². The van der Waals surface area contributed by atoms with E-state index >= 15 is 0 Å². The Labute approximate surface area is 129 Å². The summed E-state index contributed by atoms with van der Waals surface area (Å²) in [6.07, 6.45) is 4.06. The predicted octanol–water partition coefficient (Wildman–Crippen LogP) is 2.81. The smallest absolute Gasteiger partial charge is 0.305 e. The largest absolute Gasteiger partial charge is 0.481 e. The fraction of sp³-hybridized carbons (Fsp3) is 0.412. The SMILES string of the molecule is CCN(CCC(=O)O)C(=O)CCCc1c[nH]c2ccccc12. The number of hydrogen-bond donors (Lipinski definition) is 2. The van der Waals surface area contributed by atoms with Gasteiger partial charge in [-0.3, -0.25) is 9.59 Å². The number of hydrogen-bond acceptors (Lipinski definition) is 2. The number of nitrogens with zero attached hydrogens (tertiary/aromatic N) is 1. The van der Waals surface area contributed by atoms with Crippen molar-refractivity contribution < 1.29 is 14.7 Å². The third-order valence-corrected chi connectivity index (χ3v) is 3.84. The molecule has 2 N–H and O–H groups in total. The van der Waals surface area contributed by atoms with Gasteiger partial charge in [-0.25, -0.2) is 0 Å². The van der Waals surface area contributed by atoms with Crippen LogP contribution in [0.1, 0.15) is 31.7 Å². The molecule has 5 heteroatoms. The van der Waals surface area contributed by atoms with Crippen LogP contribution in [0.2, 0.25) is 0 Å². The van der Waals surface area contributed by atoms with E-state index in [-0.39, 0.29) is 18.9 Å². The van der Waals surface area contributed by atoms with Gasteiger partial charge in [0.1, 0.15) is 0 Å². The molecule has 0 saturated heterocycles. The normalized spacial score (nSPS) is 10.8. The molecule has 1 aromatic heterocycles. The highest BCUT2D eigenvalue weighted by molar-refractivity contribution is 5.83. The molecule has 1 amide bonds. The zero-order valence-corrected chi connectivity index (χ0v) is 12.8. The first-order valence-electron chi connectivity index (χ1n) is 7.66. The quantitative estimate of drug-likeness (QED) is 0.787. The lowest BCUT2D eigenvalue weighted by atomic mass is 10.1. The van der Waals surface area contributed by atoms with Crippen LogP contribution in [0.15, 0.2) is 30.5 Å². The summed E-state index contributed by atoms with van der Waals surface area (Å²) in [7, 11) is 0. The van der Waals surface area contributed by atoms with E-state index in [4.69, 9.17) is 5.11 Å². The van der Waals surface area contributed by atoms with Crippen LogP contribution in [0.25, 0.3) is 10.9 Å². The number of benzene rings is 1. The van der Waals surface area contributed by atoms with Gasteiger partial charge in [0.25, 0.3) is 0 Å². The number of rotatable bonds is 8. The van der Waals surface area contributed by atoms with Crippen molar-refractivity contribution in [3.05, 3.63) is 36.0 Å². The summed E-state index contributed by atoms with van der Waals surface area (Å²) in [6.45, 7) is 2.72. The minimum Gasteiger partial charge on any atom is -0.481 e. The van der Waals surface area contributed by atoms with Gasteiger partial charge in [0.2, 0.25) is 5.91 Å². The van der Waals surface area contributed by atoms with E-state index < -0.39 is 5.97 Å². The van der Waals surface area contributed by atoms with E-state index in [1.54, 1.807) is 4.90 Å². The van der Waals surface area contributed by atoms with Crippen LogP contribution >= 0.6 is 0 Å². The van der Waals surface area contributed by atoms with Crippen molar-refractivity contribution in [1.82, 2.24) is 9.88 Å². The Balaban J connectivity index is 1.84. The highest BCUT2D eigenvalue weighted by atomic mass is 16.4. The molecule has 22 heavy (non-hydrogen) atoms. The Morgan fingerprint density at radius 3 is 2.73 bits per heavy atom. The summed E-state index contributed by atoms with van der Waals surface area (Å²) in [6, 6.07) is 8.12. The highest BCUT2D eigenvalue weighted by Crippen LogP contribution is 2.19. The van der Waals surface area contributed by atoms with Crippen LogP contribution in [0.5, 0.6) is 0 Å². The molecule has 0 aliphatic heterocycles. The molecule has 0 saturated carbocycles. The molecule has 1 heterocycles. The molecule has 0 aliphatic rings. The Morgan fingerprint density at radius 2 is 2.00 bits per heavy atom. The van der Waals surface area contributed by atoms with Gasteiger partial charge in [-0.1, -0.05) is 18.2 Å². The van der Waals surface area contributed by atoms with Crippen molar-refractivity contribution >= 4 is 22.8 Å². The number of H-pyrrole nitrogens is 1. The molecule has 0 spiro atoms. The Hall–Kier alpha value is -2.30. The number of fused-ring (bicyclic) bond motifs is 1. The van der Waals surface area contributed by atoms with Crippen molar-refractivity contribution in [2.45, 2.75) is 32.6 Å². The van der Waals surface area contributed by atoms with Crippen LogP contribution in [-0.2, 0) is 16.0 Å². The second kappa shape index (κ2) is 7.64. The van der Waals surface area contributed by atoms with Crippen molar-refractivity contribution in [3.8, 4) is 0 Å². The molecule has 0 atom stereocenters. The van der Waals surface area contributed by atoms with Crippen LogP contribution in [0, 0.1) is 0 Å². The van der Waals surface area contributed by atoms with E-state index in [2.05, 4.69) is 11.1 Å². The Kier molecular flexibility index (Phi) is 5.58. The highest BCUT2D eigenvalue weighted by Gasteiger charge is 2.13. The van der Waals surface area contributed by atoms with Crippen LogP contribution in [0.3, 0.4) is 0 Å². The van der Waals surface area contributed by atoms with Gasteiger partial charge in [0.15, 0.2) is 0 Å². The van der Waals surface area contributed by atoms with Crippen LogP contribution in [0.4, 0.5) is 0 Å². The molecule has 1 aromatic carbocycles. The van der Waals surface area contributed by atoms with Crippen molar-refractivity contribution in [1.29, 1.82) is 0 Å². The summed E-state index contributed by atoms with van der Waals surface area (Å²) >= 11 is 0. The van der Waals surface area contributed by atoms with Gasteiger partial charge in [-0.15, -0.1) is 0 Å². The van der Waals surface area contributed by atoms with Gasteiger partial charge < -0.3 is 15.0 Å². The maximum absolute atomic E-state index is 12.1. The molecule has 118 valence electrons. The van der Waals surface area contributed by atoms with Gasteiger partial charge in [0, 0.05) is 36.6 Å². The summed E-state index contributed by atoms with van der Waals surface area (Å²) in [5, 5.41) is 9.90. The second-order valence-electron chi connectivity index (χ2n) is 5.33. The first kappa shape index (κ1) is 16.1. The summed E-state index contributed by atoms with van der Waals surface area (Å²) in [4.78, 5) is 27.5. The lowest BCUT2D eigenvalue weighted by molar-refractivity contribution is -0.138. The number of carbonyl (C=O) groups excluding carboxylic acids is 1. The Bertz CT molecular complexity index is 648.